The molecule has 106 valence electrons. The fraction of sp³-hybridized carbons (Fsp3) is 0.600. The van der Waals surface area contributed by atoms with Crippen LogP contribution in [0.4, 0.5) is 8.78 Å². The van der Waals surface area contributed by atoms with Crippen molar-refractivity contribution in [2.45, 2.75) is 44.8 Å². The van der Waals surface area contributed by atoms with E-state index in [1.165, 1.54) is 12.1 Å². The average Bonchev–Trinajstić information content (AvgIpc) is 2.32. The van der Waals surface area contributed by atoms with Gasteiger partial charge in [0.25, 0.3) is 0 Å². The minimum atomic E-state index is -0.668. The summed E-state index contributed by atoms with van der Waals surface area (Å²) in [6.07, 6.45) is 3.65. The molecule has 1 saturated carbocycles. The standard InChI is InChI=1S/C15H21F2NO/c1-11-2-4-15(19,5-3-11)10-18-9-12-6-13(16)8-14(17)7-12/h6-8,11,18-19H,2-5,9-10H2,1H3. The minimum Gasteiger partial charge on any atom is -0.389 e. The summed E-state index contributed by atoms with van der Waals surface area (Å²) in [5.41, 5.74) is -0.108. The van der Waals surface area contributed by atoms with E-state index in [2.05, 4.69) is 12.2 Å². The predicted octanol–water partition coefficient (Wildman–Crippen LogP) is 3.00. The lowest BCUT2D eigenvalue weighted by molar-refractivity contribution is -0.00630. The summed E-state index contributed by atoms with van der Waals surface area (Å²) in [6, 6.07) is 3.48. The van der Waals surface area contributed by atoms with Crippen molar-refractivity contribution >= 4 is 0 Å². The average molecular weight is 269 g/mol. The van der Waals surface area contributed by atoms with Gasteiger partial charge in [0.1, 0.15) is 11.6 Å². The van der Waals surface area contributed by atoms with Crippen LogP contribution in [-0.4, -0.2) is 17.3 Å². The van der Waals surface area contributed by atoms with Gasteiger partial charge in [0.15, 0.2) is 0 Å². The van der Waals surface area contributed by atoms with Crippen LogP contribution in [0.1, 0.15) is 38.2 Å². The molecule has 0 aromatic heterocycles. The number of rotatable bonds is 4. The van der Waals surface area contributed by atoms with Crippen LogP contribution in [0, 0.1) is 17.6 Å². The quantitative estimate of drug-likeness (QED) is 0.880. The van der Waals surface area contributed by atoms with Crippen molar-refractivity contribution in [2.75, 3.05) is 6.54 Å². The zero-order valence-corrected chi connectivity index (χ0v) is 11.3. The molecule has 4 heteroatoms. The maximum absolute atomic E-state index is 13.0. The lowest BCUT2D eigenvalue weighted by atomic mass is 9.79. The van der Waals surface area contributed by atoms with Gasteiger partial charge in [-0.25, -0.2) is 8.78 Å². The van der Waals surface area contributed by atoms with Crippen molar-refractivity contribution in [1.29, 1.82) is 0 Å². The van der Waals surface area contributed by atoms with E-state index in [0.717, 1.165) is 31.7 Å². The Balaban J connectivity index is 1.83. The third kappa shape index (κ3) is 4.25. The molecule has 0 atom stereocenters. The van der Waals surface area contributed by atoms with Crippen LogP contribution < -0.4 is 5.32 Å². The smallest absolute Gasteiger partial charge is 0.126 e. The first-order chi connectivity index (χ1) is 8.97. The van der Waals surface area contributed by atoms with Crippen molar-refractivity contribution < 1.29 is 13.9 Å². The maximum Gasteiger partial charge on any atom is 0.126 e. The highest BCUT2D eigenvalue weighted by Crippen LogP contribution is 2.31. The lowest BCUT2D eigenvalue weighted by Gasteiger charge is -2.35. The Hall–Kier alpha value is -1.00. The number of benzene rings is 1. The first-order valence-electron chi connectivity index (χ1n) is 6.85. The Morgan fingerprint density at radius 2 is 1.79 bits per heavy atom. The first kappa shape index (κ1) is 14.4. The molecule has 1 aliphatic rings. The Labute approximate surface area is 112 Å². The molecular formula is C15H21F2NO. The van der Waals surface area contributed by atoms with Crippen molar-refractivity contribution in [3.8, 4) is 0 Å². The maximum atomic E-state index is 13.0. The Morgan fingerprint density at radius 3 is 2.37 bits per heavy atom. The highest BCUT2D eigenvalue weighted by molar-refractivity contribution is 5.17. The Kier molecular flexibility index (Phi) is 4.53. The highest BCUT2D eigenvalue weighted by atomic mass is 19.1. The topological polar surface area (TPSA) is 32.3 Å². The van der Waals surface area contributed by atoms with Gasteiger partial charge in [-0.3, -0.25) is 0 Å². The van der Waals surface area contributed by atoms with E-state index < -0.39 is 17.2 Å². The molecule has 0 amide bonds. The van der Waals surface area contributed by atoms with Gasteiger partial charge in [-0.05, 0) is 49.3 Å². The van der Waals surface area contributed by atoms with Gasteiger partial charge >= 0.3 is 0 Å². The zero-order chi connectivity index (χ0) is 13.9. The fourth-order valence-corrected chi connectivity index (χ4v) is 2.63. The Morgan fingerprint density at radius 1 is 1.21 bits per heavy atom. The third-order valence-corrected chi connectivity index (χ3v) is 3.91. The normalized spacial score (nSPS) is 27.5. The summed E-state index contributed by atoms with van der Waals surface area (Å²) in [5.74, 6) is -0.457. The van der Waals surface area contributed by atoms with Gasteiger partial charge in [-0.1, -0.05) is 6.92 Å². The first-order valence-corrected chi connectivity index (χ1v) is 6.85. The molecule has 0 bridgehead atoms. The van der Waals surface area contributed by atoms with Gasteiger partial charge in [0, 0.05) is 19.2 Å². The molecule has 0 radical (unpaired) electrons. The number of halogens is 2. The van der Waals surface area contributed by atoms with E-state index in [1.54, 1.807) is 0 Å². The van der Waals surface area contributed by atoms with E-state index in [-0.39, 0.29) is 0 Å². The summed E-state index contributed by atoms with van der Waals surface area (Å²) in [6.45, 7) is 3.03. The molecule has 1 aromatic carbocycles. The monoisotopic (exact) mass is 269 g/mol. The van der Waals surface area contributed by atoms with Crippen molar-refractivity contribution in [2.24, 2.45) is 5.92 Å². The van der Waals surface area contributed by atoms with Crippen LogP contribution in [0.15, 0.2) is 18.2 Å². The number of hydrogen-bond donors (Lipinski definition) is 2. The third-order valence-electron chi connectivity index (χ3n) is 3.91. The van der Waals surface area contributed by atoms with Crippen LogP contribution in [0.3, 0.4) is 0 Å². The van der Waals surface area contributed by atoms with Crippen molar-refractivity contribution in [1.82, 2.24) is 5.32 Å². The molecule has 2 nitrogen and oxygen atoms in total. The number of hydrogen-bond acceptors (Lipinski definition) is 2. The molecule has 1 aromatic rings. The van der Waals surface area contributed by atoms with E-state index in [4.69, 9.17) is 0 Å². The van der Waals surface area contributed by atoms with E-state index >= 15 is 0 Å². The lowest BCUT2D eigenvalue weighted by Crippen LogP contribution is -2.43. The van der Waals surface area contributed by atoms with Gasteiger partial charge in [-0.2, -0.15) is 0 Å². The van der Waals surface area contributed by atoms with Gasteiger partial charge < -0.3 is 10.4 Å². The summed E-state index contributed by atoms with van der Waals surface area (Å²) in [7, 11) is 0. The molecule has 2 rings (SSSR count). The molecule has 1 aliphatic carbocycles. The molecule has 0 saturated heterocycles. The van der Waals surface area contributed by atoms with Gasteiger partial charge in [0.2, 0.25) is 0 Å². The summed E-state index contributed by atoms with van der Waals surface area (Å²) in [4.78, 5) is 0. The second-order valence-corrected chi connectivity index (χ2v) is 5.79. The number of nitrogens with one attached hydrogen (secondary N) is 1. The van der Waals surface area contributed by atoms with Gasteiger partial charge in [0.05, 0.1) is 5.60 Å². The largest absolute Gasteiger partial charge is 0.389 e. The van der Waals surface area contributed by atoms with Crippen molar-refractivity contribution in [3.63, 3.8) is 0 Å². The van der Waals surface area contributed by atoms with E-state index in [0.29, 0.717) is 24.6 Å². The highest BCUT2D eigenvalue weighted by Gasteiger charge is 2.31. The zero-order valence-electron chi connectivity index (χ0n) is 11.3. The van der Waals surface area contributed by atoms with Crippen LogP contribution in [0.5, 0.6) is 0 Å². The molecule has 0 aliphatic heterocycles. The second-order valence-electron chi connectivity index (χ2n) is 5.79. The summed E-state index contributed by atoms with van der Waals surface area (Å²) < 4.78 is 26.0. The summed E-state index contributed by atoms with van der Waals surface area (Å²) in [5, 5.41) is 13.5. The second kappa shape index (κ2) is 5.97. The molecule has 0 heterocycles. The Bertz CT molecular complexity index is 408. The molecule has 2 N–H and O–H groups in total. The molecule has 0 spiro atoms. The SMILES string of the molecule is CC1CCC(O)(CNCc2cc(F)cc(F)c2)CC1. The summed E-state index contributed by atoms with van der Waals surface area (Å²) >= 11 is 0. The van der Waals surface area contributed by atoms with E-state index in [1.807, 2.05) is 0 Å². The molecule has 0 unspecified atom stereocenters. The van der Waals surface area contributed by atoms with Crippen LogP contribution in [-0.2, 0) is 6.54 Å². The predicted molar refractivity (Wildman–Crippen MR) is 70.6 cm³/mol. The molecular weight excluding hydrogens is 248 g/mol. The molecule has 1 fully saturated rings. The van der Waals surface area contributed by atoms with Crippen LogP contribution >= 0.6 is 0 Å². The fourth-order valence-electron chi connectivity index (χ4n) is 2.63. The minimum absolute atomic E-state index is 0.368. The molecule has 19 heavy (non-hydrogen) atoms. The van der Waals surface area contributed by atoms with Crippen molar-refractivity contribution in [3.05, 3.63) is 35.4 Å². The number of aliphatic hydroxyl groups is 1. The van der Waals surface area contributed by atoms with Crippen LogP contribution in [0.2, 0.25) is 0 Å². The van der Waals surface area contributed by atoms with E-state index in [9.17, 15) is 13.9 Å². The van der Waals surface area contributed by atoms with Crippen LogP contribution in [0.25, 0.3) is 0 Å². The van der Waals surface area contributed by atoms with Gasteiger partial charge in [-0.15, -0.1) is 0 Å².